The minimum Gasteiger partial charge on any atom is -0.492 e. The zero-order valence-corrected chi connectivity index (χ0v) is 8.46. The molecule has 1 aliphatic rings. The molecule has 1 saturated carbocycles. The standard InChI is InChI=1S/C11H14FNO/c1-8-3-4-10(6-13-8)14-7-9-5-11(9,2)12/h3-4,6,9H,5,7H2,1-2H3. The molecule has 0 spiro atoms. The zero-order valence-electron chi connectivity index (χ0n) is 8.46. The van der Waals surface area contributed by atoms with Gasteiger partial charge in [-0.05, 0) is 32.4 Å². The van der Waals surface area contributed by atoms with Crippen molar-refractivity contribution < 1.29 is 9.13 Å². The number of rotatable bonds is 3. The minimum absolute atomic E-state index is 0.0591. The van der Waals surface area contributed by atoms with Crippen LogP contribution >= 0.6 is 0 Å². The average Bonchev–Trinajstić information content (AvgIpc) is 2.73. The second-order valence-electron chi connectivity index (χ2n) is 4.13. The van der Waals surface area contributed by atoms with Crippen LogP contribution in [0, 0.1) is 12.8 Å². The van der Waals surface area contributed by atoms with Gasteiger partial charge < -0.3 is 4.74 Å². The molecule has 0 saturated heterocycles. The lowest BCUT2D eigenvalue weighted by atomic mass is 10.3. The fraction of sp³-hybridized carbons (Fsp3) is 0.545. The highest BCUT2D eigenvalue weighted by molar-refractivity contribution is 5.19. The van der Waals surface area contributed by atoms with Crippen molar-refractivity contribution in [3.8, 4) is 5.75 Å². The van der Waals surface area contributed by atoms with Gasteiger partial charge in [0.05, 0.1) is 12.8 Å². The third-order valence-electron chi connectivity index (χ3n) is 2.67. The highest BCUT2D eigenvalue weighted by Crippen LogP contribution is 2.46. The second kappa shape index (κ2) is 3.23. The van der Waals surface area contributed by atoms with E-state index in [-0.39, 0.29) is 5.92 Å². The van der Waals surface area contributed by atoms with Crippen LogP contribution in [0.5, 0.6) is 5.75 Å². The quantitative estimate of drug-likeness (QED) is 0.739. The van der Waals surface area contributed by atoms with Crippen molar-refractivity contribution in [2.24, 2.45) is 5.92 Å². The smallest absolute Gasteiger partial charge is 0.137 e. The summed E-state index contributed by atoms with van der Waals surface area (Å²) in [6, 6.07) is 3.75. The van der Waals surface area contributed by atoms with E-state index in [1.807, 2.05) is 19.1 Å². The molecule has 2 atom stereocenters. The van der Waals surface area contributed by atoms with Gasteiger partial charge in [0.15, 0.2) is 0 Å². The normalized spacial score (nSPS) is 30.1. The molecule has 3 heteroatoms. The van der Waals surface area contributed by atoms with Gasteiger partial charge in [0.2, 0.25) is 0 Å². The molecule has 1 fully saturated rings. The van der Waals surface area contributed by atoms with Gasteiger partial charge in [-0.25, -0.2) is 4.39 Å². The largest absolute Gasteiger partial charge is 0.492 e. The van der Waals surface area contributed by atoms with Crippen molar-refractivity contribution in [2.75, 3.05) is 6.61 Å². The third kappa shape index (κ3) is 2.03. The summed E-state index contributed by atoms with van der Waals surface area (Å²) in [5.41, 5.74) is -0.0444. The summed E-state index contributed by atoms with van der Waals surface area (Å²) >= 11 is 0. The topological polar surface area (TPSA) is 22.1 Å². The molecule has 0 bridgehead atoms. The van der Waals surface area contributed by atoms with E-state index in [0.29, 0.717) is 13.0 Å². The summed E-state index contributed by atoms with van der Waals surface area (Å²) in [6.07, 6.45) is 2.29. The van der Waals surface area contributed by atoms with E-state index in [2.05, 4.69) is 4.98 Å². The van der Waals surface area contributed by atoms with E-state index in [9.17, 15) is 4.39 Å². The molecule has 76 valence electrons. The van der Waals surface area contributed by atoms with Gasteiger partial charge in [-0.15, -0.1) is 0 Å². The summed E-state index contributed by atoms with van der Waals surface area (Å²) in [6.45, 7) is 4.00. The summed E-state index contributed by atoms with van der Waals surface area (Å²) < 4.78 is 18.6. The summed E-state index contributed by atoms with van der Waals surface area (Å²) in [5.74, 6) is 0.780. The Balaban J connectivity index is 1.84. The van der Waals surface area contributed by atoms with Crippen LogP contribution in [0.25, 0.3) is 0 Å². The van der Waals surface area contributed by atoms with E-state index in [1.165, 1.54) is 0 Å². The molecular weight excluding hydrogens is 181 g/mol. The Hall–Kier alpha value is -1.12. The van der Waals surface area contributed by atoms with Gasteiger partial charge in [0.25, 0.3) is 0 Å². The predicted octanol–water partition coefficient (Wildman–Crippen LogP) is 2.52. The monoisotopic (exact) mass is 195 g/mol. The maximum Gasteiger partial charge on any atom is 0.137 e. The number of alkyl halides is 1. The lowest BCUT2D eigenvalue weighted by molar-refractivity contribution is 0.237. The Morgan fingerprint density at radius 3 is 2.86 bits per heavy atom. The fourth-order valence-corrected chi connectivity index (χ4v) is 1.39. The van der Waals surface area contributed by atoms with Crippen LogP contribution in [0.4, 0.5) is 4.39 Å². The van der Waals surface area contributed by atoms with Crippen molar-refractivity contribution in [3.05, 3.63) is 24.0 Å². The molecule has 1 aliphatic carbocycles. The first-order valence-corrected chi connectivity index (χ1v) is 4.82. The summed E-state index contributed by atoms with van der Waals surface area (Å²) in [4.78, 5) is 4.10. The summed E-state index contributed by atoms with van der Waals surface area (Å²) in [5, 5.41) is 0. The van der Waals surface area contributed by atoms with Crippen molar-refractivity contribution in [2.45, 2.75) is 25.9 Å². The second-order valence-corrected chi connectivity index (χ2v) is 4.13. The number of aromatic nitrogens is 1. The van der Waals surface area contributed by atoms with E-state index >= 15 is 0 Å². The fourth-order valence-electron chi connectivity index (χ4n) is 1.39. The van der Waals surface area contributed by atoms with Crippen LogP contribution in [0.2, 0.25) is 0 Å². The zero-order chi connectivity index (χ0) is 10.2. The molecular formula is C11H14FNO. The van der Waals surface area contributed by atoms with Crippen LogP contribution in [0.3, 0.4) is 0 Å². The molecule has 14 heavy (non-hydrogen) atoms. The Bertz CT molecular complexity index is 321. The van der Waals surface area contributed by atoms with Crippen molar-refractivity contribution in [3.63, 3.8) is 0 Å². The molecule has 1 aromatic rings. The number of nitrogens with zero attached hydrogens (tertiary/aromatic N) is 1. The molecule has 1 aromatic heterocycles. The Kier molecular flexibility index (Phi) is 2.17. The maximum absolute atomic E-state index is 13.1. The third-order valence-corrected chi connectivity index (χ3v) is 2.67. The molecule has 2 nitrogen and oxygen atoms in total. The molecule has 1 heterocycles. The van der Waals surface area contributed by atoms with Crippen molar-refractivity contribution in [1.29, 1.82) is 0 Å². The van der Waals surface area contributed by atoms with Gasteiger partial charge >= 0.3 is 0 Å². The first kappa shape index (κ1) is 9.44. The number of halogens is 1. The first-order valence-electron chi connectivity index (χ1n) is 4.82. The van der Waals surface area contributed by atoms with Crippen LogP contribution in [-0.2, 0) is 0 Å². The first-order chi connectivity index (χ1) is 6.58. The number of hydrogen-bond acceptors (Lipinski definition) is 2. The van der Waals surface area contributed by atoms with E-state index in [1.54, 1.807) is 13.1 Å². The Labute approximate surface area is 83.1 Å². The number of hydrogen-bond donors (Lipinski definition) is 0. The molecule has 0 radical (unpaired) electrons. The molecule has 0 aromatic carbocycles. The van der Waals surface area contributed by atoms with E-state index < -0.39 is 5.67 Å². The number of ether oxygens (including phenoxy) is 1. The molecule has 0 amide bonds. The molecule has 0 N–H and O–H groups in total. The lowest BCUT2D eigenvalue weighted by Gasteiger charge is -2.05. The van der Waals surface area contributed by atoms with Crippen LogP contribution in [-0.4, -0.2) is 17.3 Å². The molecule has 2 unspecified atom stereocenters. The van der Waals surface area contributed by atoms with Gasteiger partial charge in [-0.2, -0.15) is 0 Å². The predicted molar refractivity (Wildman–Crippen MR) is 52.1 cm³/mol. The van der Waals surface area contributed by atoms with E-state index in [0.717, 1.165) is 11.4 Å². The van der Waals surface area contributed by atoms with Crippen LogP contribution < -0.4 is 4.74 Å². The number of pyridine rings is 1. The SMILES string of the molecule is Cc1ccc(OCC2CC2(C)F)cn1. The molecule has 2 rings (SSSR count). The lowest BCUT2D eigenvalue weighted by Crippen LogP contribution is -2.06. The average molecular weight is 195 g/mol. The summed E-state index contributed by atoms with van der Waals surface area (Å²) in [7, 11) is 0. The number of aryl methyl sites for hydroxylation is 1. The highest BCUT2D eigenvalue weighted by atomic mass is 19.1. The van der Waals surface area contributed by atoms with Gasteiger partial charge in [-0.3, -0.25) is 4.98 Å². The Morgan fingerprint density at radius 1 is 1.64 bits per heavy atom. The highest BCUT2D eigenvalue weighted by Gasteiger charge is 2.51. The van der Waals surface area contributed by atoms with Crippen LogP contribution in [0.1, 0.15) is 19.0 Å². The van der Waals surface area contributed by atoms with E-state index in [4.69, 9.17) is 4.74 Å². The Morgan fingerprint density at radius 2 is 2.36 bits per heavy atom. The minimum atomic E-state index is -1.00. The van der Waals surface area contributed by atoms with Crippen molar-refractivity contribution in [1.82, 2.24) is 4.98 Å². The van der Waals surface area contributed by atoms with Gasteiger partial charge in [0.1, 0.15) is 11.4 Å². The van der Waals surface area contributed by atoms with Crippen molar-refractivity contribution >= 4 is 0 Å². The van der Waals surface area contributed by atoms with Gasteiger partial charge in [-0.1, -0.05) is 0 Å². The van der Waals surface area contributed by atoms with Gasteiger partial charge in [0, 0.05) is 11.6 Å². The van der Waals surface area contributed by atoms with Crippen LogP contribution in [0.15, 0.2) is 18.3 Å². The maximum atomic E-state index is 13.1. The molecule has 0 aliphatic heterocycles.